The molecular weight excluding hydrogens is 208 g/mol. The Bertz CT molecular complexity index is 153. The predicted molar refractivity (Wildman–Crippen MR) is 78.5 cm³/mol. The van der Waals surface area contributed by atoms with E-state index in [1.807, 2.05) is 0 Å². The average Bonchev–Trinajstić information content (AvgIpc) is 2.32. The Kier molecular flexibility index (Phi) is 11.0. The van der Waals surface area contributed by atoms with Crippen LogP contribution in [0.4, 0.5) is 0 Å². The van der Waals surface area contributed by atoms with Crippen molar-refractivity contribution in [2.75, 3.05) is 32.7 Å². The van der Waals surface area contributed by atoms with E-state index in [2.05, 4.69) is 44.8 Å². The summed E-state index contributed by atoms with van der Waals surface area (Å²) >= 11 is 0. The van der Waals surface area contributed by atoms with Crippen LogP contribution in [-0.2, 0) is 0 Å². The number of nitrogens with one attached hydrogen (secondary N) is 1. The zero-order valence-electron chi connectivity index (χ0n) is 12.8. The molecule has 0 atom stereocenters. The molecule has 0 aromatic heterocycles. The third kappa shape index (κ3) is 9.61. The van der Waals surface area contributed by atoms with Crippen molar-refractivity contribution in [1.82, 2.24) is 10.2 Å². The lowest BCUT2D eigenvalue weighted by Crippen LogP contribution is -2.35. The summed E-state index contributed by atoms with van der Waals surface area (Å²) in [5.74, 6) is 1.69. The van der Waals surface area contributed by atoms with Gasteiger partial charge in [0.25, 0.3) is 0 Å². The molecule has 0 aromatic carbocycles. The number of nitrogens with zero attached hydrogens (tertiary/aromatic N) is 1. The first-order valence-corrected chi connectivity index (χ1v) is 7.56. The zero-order chi connectivity index (χ0) is 13.1. The monoisotopic (exact) mass is 242 g/mol. The van der Waals surface area contributed by atoms with Crippen molar-refractivity contribution in [3.63, 3.8) is 0 Å². The van der Waals surface area contributed by atoms with Crippen LogP contribution in [0.2, 0.25) is 0 Å². The SMILES string of the molecule is CCC(CC)CN(CC)CCNCCC(C)C. The fourth-order valence-corrected chi connectivity index (χ4v) is 2.04. The highest BCUT2D eigenvalue weighted by atomic mass is 15.1. The van der Waals surface area contributed by atoms with E-state index in [9.17, 15) is 0 Å². The maximum absolute atomic E-state index is 3.55. The first kappa shape index (κ1) is 16.9. The second-order valence-electron chi connectivity index (χ2n) is 5.51. The Balaban J connectivity index is 3.60. The van der Waals surface area contributed by atoms with Gasteiger partial charge in [0.05, 0.1) is 0 Å². The summed E-state index contributed by atoms with van der Waals surface area (Å²) in [6.07, 6.45) is 3.92. The van der Waals surface area contributed by atoms with E-state index >= 15 is 0 Å². The smallest absolute Gasteiger partial charge is 0.0107 e. The molecule has 0 fully saturated rings. The van der Waals surface area contributed by atoms with Crippen molar-refractivity contribution in [3.8, 4) is 0 Å². The minimum absolute atomic E-state index is 0.814. The first-order chi connectivity index (χ1) is 8.13. The Labute approximate surface area is 109 Å². The number of hydrogen-bond acceptors (Lipinski definition) is 2. The van der Waals surface area contributed by atoms with E-state index in [1.54, 1.807) is 0 Å². The number of likely N-dealkylation sites (N-methyl/N-ethyl adjacent to an activating group) is 1. The molecule has 0 spiro atoms. The summed E-state index contributed by atoms with van der Waals surface area (Å²) in [4.78, 5) is 2.58. The lowest BCUT2D eigenvalue weighted by atomic mass is 10.0. The molecule has 17 heavy (non-hydrogen) atoms. The van der Waals surface area contributed by atoms with Crippen LogP contribution in [0.3, 0.4) is 0 Å². The van der Waals surface area contributed by atoms with Gasteiger partial charge in [-0.25, -0.2) is 0 Å². The van der Waals surface area contributed by atoms with Gasteiger partial charge in [-0.05, 0) is 31.3 Å². The zero-order valence-corrected chi connectivity index (χ0v) is 12.8. The molecule has 1 N–H and O–H groups in total. The van der Waals surface area contributed by atoms with Crippen molar-refractivity contribution >= 4 is 0 Å². The van der Waals surface area contributed by atoms with Gasteiger partial charge in [-0.15, -0.1) is 0 Å². The van der Waals surface area contributed by atoms with E-state index < -0.39 is 0 Å². The molecule has 0 radical (unpaired) electrons. The third-order valence-corrected chi connectivity index (χ3v) is 3.62. The van der Waals surface area contributed by atoms with Gasteiger partial charge in [0.1, 0.15) is 0 Å². The molecule has 0 saturated heterocycles. The molecule has 0 rings (SSSR count). The minimum Gasteiger partial charge on any atom is -0.315 e. The maximum Gasteiger partial charge on any atom is 0.0107 e. The minimum atomic E-state index is 0.814. The van der Waals surface area contributed by atoms with Crippen molar-refractivity contribution in [2.45, 2.75) is 53.9 Å². The highest BCUT2D eigenvalue weighted by Gasteiger charge is 2.09. The predicted octanol–water partition coefficient (Wildman–Crippen LogP) is 3.38. The van der Waals surface area contributed by atoms with Gasteiger partial charge in [-0.2, -0.15) is 0 Å². The largest absolute Gasteiger partial charge is 0.315 e. The van der Waals surface area contributed by atoms with Crippen LogP contribution in [0.25, 0.3) is 0 Å². The Morgan fingerprint density at radius 2 is 1.65 bits per heavy atom. The van der Waals surface area contributed by atoms with Gasteiger partial charge < -0.3 is 10.2 Å². The lowest BCUT2D eigenvalue weighted by molar-refractivity contribution is 0.233. The average molecular weight is 242 g/mol. The summed E-state index contributed by atoms with van der Waals surface area (Å²) in [6.45, 7) is 17.4. The van der Waals surface area contributed by atoms with Gasteiger partial charge in [0.2, 0.25) is 0 Å². The van der Waals surface area contributed by atoms with Gasteiger partial charge in [0.15, 0.2) is 0 Å². The van der Waals surface area contributed by atoms with Crippen LogP contribution in [-0.4, -0.2) is 37.6 Å². The summed E-state index contributed by atoms with van der Waals surface area (Å²) in [6, 6.07) is 0. The molecule has 2 heteroatoms. The molecule has 0 aliphatic carbocycles. The van der Waals surface area contributed by atoms with E-state index in [0.717, 1.165) is 18.4 Å². The van der Waals surface area contributed by atoms with E-state index in [1.165, 1.54) is 45.4 Å². The molecule has 0 unspecified atom stereocenters. The topological polar surface area (TPSA) is 15.3 Å². The molecule has 0 amide bonds. The van der Waals surface area contributed by atoms with Crippen LogP contribution in [0.1, 0.15) is 53.9 Å². The third-order valence-electron chi connectivity index (χ3n) is 3.62. The van der Waals surface area contributed by atoms with Crippen LogP contribution in [0.5, 0.6) is 0 Å². The van der Waals surface area contributed by atoms with E-state index in [4.69, 9.17) is 0 Å². The number of hydrogen-bond donors (Lipinski definition) is 1. The lowest BCUT2D eigenvalue weighted by Gasteiger charge is -2.25. The molecular formula is C15H34N2. The first-order valence-electron chi connectivity index (χ1n) is 7.56. The van der Waals surface area contributed by atoms with Crippen LogP contribution in [0.15, 0.2) is 0 Å². The molecule has 104 valence electrons. The number of rotatable bonds is 11. The molecule has 0 aromatic rings. The van der Waals surface area contributed by atoms with Crippen LogP contribution >= 0.6 is 0 Å². The Morgan fingerprint density at radius 1 is 1.00 bits per heavy atom. The Hall–Kier alpha value is -0.0800. The summed E-state index contributed by atoms with van der Waals surface area (Å²) < 4.78 is 0. The van der Waals surface area contributed by atoms with E-state index in [-0.39, 0.29) is 0 Å². The standard InChI is InChI=1S/C15H34N2/c1-6-15(7-2)13-17(8-3)12-11-16-10-9-14(4)5/h14-16H,6-13H2,1-5H3. The molecule has 0 bridgehead atoms. The molecule has 0 heterocycles. The van der Waals surface area contributed by atoms with Crippen molar-refractivity contribution < 1.29 is 0 Å². The molecule has 0 saturated carbocycles. The fourth-order valence-electron chi connectivity index (χ4n) is 2.04. The van der Waals surface area contributed by atoms with Gasteiger partial charge >= 0.3 is 0 Å². The maximum atomic E-state index is 3.55. The second-order valence-corrected chi connectivity index (χ2v) is 5.51. The fraction of sp³-hybridized carbons (Fsp3) is 1.00. The van der Waals surface area contributed by atoms with Crippen molar-refractivity contribution in [2.24, 2.45) is 11.8 Å². The van der Waals surface area contributed by atoms with Gasteiger partial charge in [-0.1, -0.05) is 47.5 Å². The van der Waals surface area contributed by atoms with E-state index in [0.29, 0.717) is 0 Å². The van der Waals surface area contributed by atoms with Crippen LogP contribution < -0.4 is 5.32 Å². The summed E-state index contributed by atoms with van der Waals surface area (Å²) in [7, 11) is 0. The van der Waals surface area contributed by atoms with Gasteiger partial charge in [-0.3, -0.25) is 0 Å². The van der Waals surface area contributed by atoms with Crippen LogP contribution in [0, 0.1) is 11.8 Å². The highest BCUT2D eigenvalue weighted by Crippen LogP contribution is 2.09. The van der Waals surface area contributed by atoms with Crippen molar-refractivity contribution in [3.05, 3.63) is 0 Å². The molecule has 0 aliphatic heterocycles. The normalized spacial score (nSPS) is 12.0. The molecule has 2 nitrogen and oxygen atoms in total. The molecule has 0 aliphatic rings. The summed E-state index contributed by atoms with van der Waals surface area (Å²) in [5.41, 5.74) is 0. The summed E-state index contributed by atoms with van der Waals surface area (Å²) in [5, 5.41) is 3.55. The quantitative estimate of drug-likeness (QED) is 0.559. The van der Waals surface area contributed by atoms with Gasteiger partial charge in [0, 0.05) is 19.6 Å². The highest BCUT2D eigenvalue weighted by molar-refractivity contribution is 4.64. The second kappa shape index (κ2) is 11.0. The Morgan fingerprint density at radius 3 is 2.12 bits per heavy atom. The van der Waals surface area contributed by atoms with Crippen molar-refractivity contribution in [1.29, 1.82) is 0 Å².